The zero-order valence-corrected chi connectivity index (χ0v) is 9.32. The molecule has 0 unspecified atom stereocenters. The summed E-state index contributed by atoms with van der Waals surface area (Å²) >= 11 is 0. The van der Waals surface area contributed by atoms with Crippen LogP contribution in [-0.2, 0) is 4.74 Å². The standard InChI is InChI=1S/C9H20NO.ClH/c1-9(2)8-11-7-6-10(3,4)5;/h1,6-8H2,2-5H3;1H/q+1;/p-1. The lowest BCUT2D eigenvalue weighted by Gasteiger charge is -2.23. The van der Waals surface area contributed by atoms with Gasteiger partial charge in [0.25, 0.3) is 0 Å². The Labute approximate surface area is 82.2 Å². The van der Waals surface area contributed by atoms with E-state index in [1.165, 1.54) is 0 Å². The molecule has 0 aromatic heterocycles. The Bertz CT molecular complexity index is 129. The highest BCUT2D eigenvalue weighted by atomic mass is 35.5. The molecule has 0 radical (unpaired) electrons. The van der Waals surface area contributed by atoms with Crippen LogP contribution in [0.4, 0.5) is 0 Å². The lowest BCUT2D eigenvalue weighted by Crippen LogP contribution is -3.00. The SMILES string of the molecule is C=C(C)COCC[N+](C)(C)C.[Cl-]. The van der Waals surface area contributed by atoms with Gasteiger partial charge in [-0.25, -0.2) is 0 Å². The Morgan fingerprint density at radius 2 is 1.83 bits per heavy atom. The summed E-state index contributed by atoms with van der Waals surface area (Å²) in [5.41, 5.74) is 1.09. The Hall–Kier alpha value is -0.0500. The van der Waals surface area contributed by atoms with E-state index in [0.29, 0.717) is 6.61 Å². The molecule has 0 aliphatic rings. The van der Waals surface area contributed by atoms with Gasteiger partial charge in [0.05, 0.1) is 34.4 Å². The van der Waals surface area contributed by atoms with Gasteiger partial charge < -0.3 is 21.6 Å². The fraction of sp³-hybridized carbons (Fsp3) is 0.778. The minimum atomic E-state index is 0. The lowest BCUT2D eigenvalue weighted by molar-refractivity contribution is -0.870. The second-order valence-corrected chi connectivity index (χ2v) is 4.02. The van der Waals surface area contributed by atoms with E-state index in [1.807, 2.05) is 6.92 Å². The van der Waals surface area contributed by atoms with Gasteiger partial charge in [-0.05, 0) is 6.92 Å². The van der Waals surface area contributed by atoms with Gasteiger partial charge in [-0.15, -0.1) is 0 Å². The van der Waals surface area contributed by atoms with Crippen molar-refractivity contribution in [1.82, 2.24) is 0 Å². The van der Waals surface area contributed by atoms with E-state index in [4.69, 9.17) is 4.74 Å². The smallest absolute Gasteiger partial charge is 0.102 e. The lowest BCUT2D eigenvalue weighted by atomic mass is 10.4. The van der Waals surface area contributed by atoms with Crippen molar-refractivity contribution in [2.75, 3.05) is 40.9 Å². The van der Waals surface area contributed by atoms with E-state index in [9.17, 15) is 0 Å². The van der Waals surface area contributed by atoms with Gasteiger partial charge in [-0.3, -0.25) is 0 Å². The Morgan fingerprint density at radius 1 is 1.33 bits per heavy atom. The van der Waals surface area contributed by atoms with Crippen LogP contribution in [0.15, 0.2) is 12.2 Å². The minimum Gasteiger partial charge on any atom is -1.00 e. The number of likely N-dealkylation sites (N-methyl/N-ethyl adjacent to an activating group) is 1. The molecule has 0 fully saturated rings. The number of hydrogen-bond donors (Lipinski definition) is 0. The summed E-state index contributed by atoms with van der Waals surface area (Å²) in [6.07, 6.45) is 0. The molecule has 0 aromatic rings. The highest BCUT2D eigenvalue weighted by molar-refractivity contribution is 4.87. The van der Waals surface area contributed by atoms with Crippen LogP contribution in [0.1, 0.15) is 6.92 Å². The molecular formula is C9H20ClNO. The van der Waals surface area contributed by atoms with E-state index >= 15 is 0 Å². The molecule has 12 heavy (non-hydrogen) atoms. The zero-order chi connectivity index (χ0) is 8.91. The topological polar surface area (TPSA) is 9.23 Å². The predicted octanol–water partition coefficient (Wildman–Crippen LogP) is -1.71. The van der Waals surface area contributed by atoms with Crippen LogP contribution in [-0.4, -0.2) is 45.4 Å². The van der Waals surface area contributed by atoms with Gasteiger partial charge >= 0.3 is 0 Å². The van der Waals surface area contributed by atoms with Crippen LogP contribution >= 0.6 is 0 Å². The molecule has 0 aliphatic heterocycles. The van der Waals surface area contributed by atoms with E-state index in [1.54, 1.807) is 0 Å². The van der Waals surface area contributed by atoms with Gasteiger partial charge in [0.15, 0.2) is 0 Å². The van der Waals surface area contributed by atoms with Crippen molar-refractivity contribution in [3.63, 3.8) is 0 Å². The van der Waals surface area contributed by atoms with Crippen LogP contribution in [0.2, 0.25) is 0 Å². The molecule has 3 heteroatoms. The van der Waals surface area contributed by atoms with Gasteiger partial charge in [0.1, 0.15) is 6.54 Å². The third-order valence-corrected chi connectivity index (χ3v) is 1.25. The molecule has 0 saturated carbocycles. The molecule has 74 valence electrons. The number of nitrogens with zero attached hydrogens (tertiary/aromatic N) is 1. The molecule has 0 rings (SSSR count). The van der Waals surface area contributed by atoms with Crippen LogP contribution in [0.3, 0.4) is 0 Å². The van der Waals surface area contributed by atoms with Gasteiger partial charge in [0.2, 0.25) is 0 Å². The summed E-state index contributed by atoms with van der Waals surface area (Å²) < 4.78 is 6.31. The summed E-state index contributed by atoms with van der Waals surface area (Å²) in [5.74, 6) is 0. The molecule has 0 heterocycles. The maximum absolute atomic E-state index is 5.36. The quantitative estimate of drug-likeness (QED) is 0.287. The first-order valence-electron chi connectivity index (χ1n) is 3.94. The number of quaternary nitrogens is 1. The monoisotopic (exact) mass is 193 g/mol. The summed E-state index contributed by atoms with van der Waals surface area (Å²) in [5, 5.41) is 0. The molecule has 0 atom stereocenters. The summed E-state index contributed by atoms with van der Waals surface area (Å²) in [7, 11) is 6.47. The number of halogens is 1. The van der Waals surface area contributed by atoms with Crippen LogP contribution in [0.5, 0.6) is 0 Å². The number of ether oxygens (including phenoxy) is 1. The van der Waals surface area contributed by atoms with E-state index in [2.05, 4.69) is 27.7 Å². The normalized spacial score (nSPS) is 10.7. The van der Waals surface area contributed by atoms with Crippen LogP contribution in [0, 0.1) is 0 Å². The van der Waals surface area contributed by atoms with Crippen molar-refractivity contribution in [3.05, 3.63) is 12.2 Å². The maximum Gasteiger partial charge on any atom is 0.102 e. The maximum atomic E-state index is 5.36. The average molecular weight is 194 g/mol. The molecule has 0 aromatic carbocycles. The third kappa shape index (κ3) is 12.6. The molecular weight excluding hydrogens is 174 g/mol. The second-order valence-electron chi connectivity index (χ2n) is 4.02. The summed E-state index contributed by atoms with van der Waals surface area (Å²) in [4.78, 5) is 0. The number of rotatable bonds is 5. The van der Waals surface area contributed by atoms with Crippen LogP contribution in [0.25, 0.3) is 0 Å². The highest BCUT2D eigenvalue weighted by Crippen LogP contribution is 1.92. The van der Waals surface area contributed by atoms with Crippen molar-refractivity contribution in [3.8, 4) is 0 Å². The first kappa shape index (κ1) is 14.5. The summed E-state index contributed by atoms with van der Waals surface area (Å²) in [6.45, 7) is 8.30. The third-order valence-electron chi connectivity index (χ3n) is 1.25. The first-order chi connectivity index (χ1) is 4.92. The first-order valence-corrected chi connectivity index (χ1v) is 3.94. The average Bonchev–Trinajstić information content (AvgIpc) is 1.78. The van der Waals surface area contributed by atoms with E-state index in [-0.39, 0.29) is 12.4 Å². The fourth-order valence-corrected chi connectivity index (χ4v) is 0.585. The highest BCUT2D eigenvalue weighted by Gasteiger charge is 2.04. The largest absolute Gasteiger partial charge is 1.00 e. The van der Waals surface area contributed by atoms with Gasteiger partial charge in [-0.2, -0.15) is 0 Å². The van der Waals surface area contributed by atoms with Crippen molar-refractivity contribution in [2.24, 2.45) is 0 Å². The molecule has 2 nitrogen and oxygen atoms in total. The Kier molecular flexibility index (Phi) is 7.80. The minimum absolute atomic E-state index is 0. The summed E-state index contributed by atoms with van der Waals surface area (Å²) in [6, 6.07) is 0. The van der Waals surface area contributed by atoms with E-state index < -0.39 is 0 Å². The zero-order valence-electron chi connectivity index (χ0n) is 8.56. The molecule has 0 spiro atoms. The molecule has 0 N–H and O–H groups in total. The molecule has 0 bridgehead atoms. The molecule has 0 saturated heterocycles. The Balaban J connectivity index is 0. The van der Waals surface area contributed by atoms with Gasteiger partial charge in [-0.1, -0.05) is 12.2 Å². The van der Waals surface area contributed by atoms with E-state index in [0.717, 1.165) is 23.2 Å². The second kappa shape index (κ2) is 6.46. The van der Waals surface area contributed by atoms with Crippen molar-refractivity contribution in [1.29, 1.82) is 0 Å². The predicted molar refractivity (Wildman–Crippen MR) is 48.5 cm³/mol. The molecule has 0 amide bonds. The number of hydrogen-bond acceptors (Lipinski definition) is 1. The van der Waals surface area contributed by atoms with Gasteiger partial charge in [0, 0.05) is 0 Å². The fourth-order valence-electron chi connectivity index (χ4n) is 0.585. The van der Waals surface area contributed by atoms with Crippen molar-refractivity contribution >= 4 is 0 Å². The van der Waals surface area contributed by atoms with Crippen molar-refractivity contribution < 1.29 is 21.6 Å². The Morgan fingerprint density at radius 3 is 2.17 bits per heavy atom. The van der Waals surface area contributed by atoms with Crippen LogP contribution < -0.4 is 12.4 Å². The molecule has 0 aliphatic carbocycles. The van der Waals surface area contributed by atoms with Crippen molar-refractivity contribution in [2.45, 2.75) is 6.92 Å².